The highest BCUT2D eigenvalue weighted by Crippen LogP contribution is 2.47. The summed E-state index contributed by atoms with van der Waals surface area (Å²) in [6, 6.07) is 24.9. The quantitative estimate of drug-likeness (QED) is 0.179. The molecule has 0 amide bonds. The average Bonchev–Trinajstić information content (AvgIpc) is 3.36. The van der Waals surface area contributed by atoms with Crippen LogP contribution in [0.15, 0.2) is 78.9 Å². The Morgan fingerprint density at radius 3 is 1.83 bits per heavy atom. The van der Waals surface area contributed by atoms with E-state index < -0.39 is 54.5 Å². The highest BCUT2D eigenvalue weighted by molar-refractivity contribution is 6.05. The van der Waals surface area contributed by atoms with E-state index in [0.717, 1.165) is 22.1 Å². The lowest BCUT2D eigenvalue weighted by Gasteiger charge is -2.45. The van der Waals surface area contributed by atoms with Gasteiger partial charge < -0.3 is 33.0 Å². The predicted octanol–water partition coefficient (Wildman–Crippen LogP) is 5.24. The number of aromatic nitrogens is 1. The number of nitrogens with zero attached hydrogens (tertiary/aromatic N) is 1. The summed E-state index contributed by atoms with van der Waals surface area (Å²) in [6.07, 6.45) is -6.19. The van der Waals surface area contributed by atoms with E-state index in [2.05, 4.69) is 0 Å². The first-order valence-electron chi connectivity index (χ1n) is 14.7. The normalized spacial score (nSPS) is 20.8. The molecule has 1 fully saturated rings. The van der Waals surface area contributed by atoms with Gasteiger partial charge in [-0.1, -0.05) is 60.7 Å². The molecule has 0 bridgehead atoms. The fraction of sp³-hybridized carbons (Fsp3) is 0.314. The number of hydrogen-bond donors (Lipinski definition) is 0. The summed E-state index contributed by atoms with van der Waals surface area (Å²) in [4.78, 5) is 49.4. The highest BCUT2D eigenvalue weighted by atomic mass is 16.7. The minimum absolute atomic E-state index is 0.340. The van der Waals surface area contributed by atoms with Crippen LogP contribution in [0.1, 0.15) is 33.9 Å². The molecule has 0 radical (unpaired) electrons. The summed E-state index contributed by atoms with van der Waals surface area (Å²) in [5.41, 5.74) is 3.93. The number of carbonyl (C=O) groups excluding carboxylic acids is 4. The summed E-state index contributed by atoms with van der Waals surface area (Å²) in [5, 5.41) is 0.803. The average molecular weight is 630 g/mol. The van der Waals surface area contributed by atoms with Gasteiger partial charge in [0.15, 0.2) is 24.5 Å². The van der Waals surface area contributed by atoms with Crippen LogP contribution in [0.2, 0.25) is 0 Å². The van der Waals surface area contributed by atoms with Gasteiger partial charge >= 0.3 is 23.9 Å². The maximum atomic E-state index is 12.7. The molecule has 3 aromatic carbocycles. The van der Waals surface area contributed by atoms with Crippen LogP contribution in [0.4, 0.5) is 0 Å². The molecule has 4 aromatic rings. The van der Waals surface area contributed by atoms with Crippen LogP contribution in [0.3, 0.4) is 0 Å². The van der Waals surface area contributed by atoms with Gasteiger partial charge in [0.25, 0.3) is 0 Å². The second kappa shape index (κ2) is 13.9. The monoisotopic (exact) mass is 629 g/mol. The summed E-state index contributed by atoms with van der Waals surface area (Å²) < 4.78 is 36.7. The minimum atomic E-state index is -1.33. The number of hydrogen-bond acceptors (Lipinski definition) is 10. The minimum Gasteiger partial charge on any atom is -0.497 e. The van der Waals surface area contributed by atoms with Gasteiger partial charge in [-0.3, -0.25) is 19.2 Å². The van der Waals surface area contributed by atoms with Crippen molar-refractivity contribution in [2.45, 2.75) is 58.3 Å². The predicted molar refractivity (Wildman–Crippen MR) is 167 cm³/mol. The summed E-state index contributed by atoms with van der Waals surface area (Å²) >= 11 is 0. The molecule has 5 atom stereocenters. The number of fused-ring (bicyclic) bond motifs is 1. The number of esters is 4. The van der Waals surface area contributed by atoms with Crippen LogP contribution in [0.5, 0.6) is 5.75 Å². The van der Waals surface area contributed by atoms with Crippen LogP contribution in [-0.2, 0) is 42.9 Å². The number of methoxy groups -OCH3 is 1. The molecule has 1 aliphatic heterocycles. The first-order valence-corrected chi connectivity index (χ1v) is 14.7. The Bertz CT molecular complexity index is 1730. The number of benzene rings is 3. The SMILES string of the molecule is COc1ccc2c(c1)c(-c1ccccc1)c(-c1ccccc1)n2[C@@H]1O[C@H](COC(C)=O)[C@@H](OC(C)=O)[C@H](OC(C)=O)[C@H]1OC(C)=O. The first-order chi connectivity index (χ1) is 22.1. The van der Waals surface area contributed by atoms with Crippen molar-refractivity contribution in [3.8, 4) is 28.1 Å². The summed E-state index contributed by atoms with van der Waals surface area (Å²) in [7, 11) is 1.58. The van der Waals surface area contributed by atoms with Crippen LogP contribution in [-0.4, -0.2) is 66.6 Å². The van der Waals surface area contributed by atoms with E-state index in [0.29, 0.717) is 17.0 Å². The lowest BCUT2D eigenvalue weighted by atomic mass is 9.96. The molecule has 0 unspecified atom stereocenters. The molecule has 1 aliphatic rings. The summed E-state index contributed by atoms with van der Waals surface area (Å²) in [5.74, 6) is -2.07. The first kappa shape index (κ1) is 32.2. The summed E-state index contributed by atoms with van der Waals surface area (Å²) in [6.45, 7) is 4.50. The molecular weight excluding hydrogens is 594 g/mol. The molecule has 1 saturated heterocycles. The molecular formula is C35H35NO10. The molecule has 0 saturated carbocycles. The van der Waals surface area contributed by atoms with Crippen LogP contribution >= 0.6 is 0 Å². The molecule has 0 N–H and O–H groups in total. The van der Waals surface area contributed by atoms with Gasteiger partial charge in [-0.05, 0) is 29.3 Å². The van der Waals surface area contributed by atoms with Gasteiger partial charge in [0.05, 0.1) is 18.3 Å². The molecule has 0 spiro atoms. The van der Waals surface area contributed by atoms with Crippen molar-refractivity contribution in [1.82, 2.24) is 4.57 Å². The van der Waals surface area contributed by atoms with Gasteiger partial charge in [-0.15, -0.1) is 0 Å². The molecule has 240 valence electrons. The van der Waals surface area contributed by atoms with Crippen molar-refractivity contribution in [2.24, 2.45) is 0 Å². The highest BCUT2D eigenvalue weighted by Gasteiger charge is 2.53. The molecule has 5 rings (SSSR count). The van der Waals surface area contributed by atoms with Gasteiger partial charge in [0.2, 0.25) is 0 Å². The van der Waals surface area contributed by atoms with E-state index in [1.54, 1.807) is 13.2 Å². The smallest absolute Gasteiger partial charge is 0.303 e. The second-order valence-electron chi connectivity index (χ2n) is 10.8. The Balaban J connectivity index is 1.85. The van der Waals surface area contributed by atoms with E-state index in [-0.39, 0.29) is 6.61 Å². The van der Waals surface area contributed by atoms with E-state index in [4.69, 9.17) is 28.4 Å². The molecule has 11 heteroatoms. The zero-order valence-electron chi connectivity index (χ0n) is 26.1. The van der Waals surface area contributed by atoms with Crippen molar-refractivity contribution in [3.05, 3.63) is 78.9 Å². The van der Waals surface area contributed by atoms with Crippen LogP contribution in [0.25, 0.3) is 33.3 Å². The van der Waals surface area contributed by atoms with Gasteiger partial charge in [0, 0.05) is 38.6 Å². The number of rotatable bonds is 9. The standard InChI is InChI=1S/C35H35NO10/c1-20(37)42-19-29-32(43-21(2)38)33(44-22(3)39)34(45-23(4)40)35(46-29)36-28-17-16-26(41-5)18-27(28)30(24-12-8-6-9-13-24)31(36)25-14-10-7-11-15-25/h6-18,29,32-35H,19H2,1-5H3/t29-,32-,33+,34-,35-/m1/s1. The fourth-order valence-electron chi connectivity index (χ4n) is 5.88. The number of ether oxygens (including phenoxy) is 6. The maximum Gasteiger partial charge on any atom is 0.303 e. The van der Waals surface area contributed by atoms with Gasteiger partial charge in [-0.2, -0.15) is 0 Å². The maximum absolute atomic E-state index is 12.7. The topological polar surface area (TPSA) is 129 Å². The second-order valence-corrected chi connectivity index (χ2v) is 10.8. The van der Waals surface area contributed by atoms with Crippen molar-refractivity contribution in [3.63, 3.8) is 0 Å². The third kappa shape index (κ3) is 6.74. The van der Waals surface area contributed by atoms with Gasteiger partial charge in [0.1, 0.15) is 18.5 Å². The van der Waals surface area contributed by atoms with E-state index in [1.807, 2.05) is 77.4 Å². The van der Waals surface area contributed by atoms with Crippen molar-refractivity contribution in [1.29, 1.82) is 0 Å². The van der Waals surface area contributed by atoms with E-state index in [9.17, 15) is 19.2 Å². The van der Waals surface area contributed by atoms with Crippen LogP contribution < -0.4 is 4.74 Å². The molecule has 11 nitrogen and oxygen atoms in total. The zero-order chi connectivity index (χ0) is 33.0. The Labute approximate surface area is 265 Å². The Kier molecular flexibility index (Phi) is 9.72. The van der Waals surface area contributed by atoms with Gasteiger partial charge in [-0.25, -0.2) is 0 Å². The van der Waals surface area contributed by atoms with Crippen molar-refractivity contribution >= 4 is 34.8 Å². The largest absolute Gasteiger partial charge is 0.497 e. The molecule has 0 aliphatic carbocycles. The van der Waals surface area contributed by atoms with Crippen LogP contribution in [0, 0.1) is 0 Å². The Morgan fingerprint density at radius 2 is 1.26 bits per heavy atom. The van der Waals surface area contributed by atoms with Crippen molar-refractivity contribution < 1.29 is 47.6 Å². The lowest BCUT2D eigenvalue weighted by molar-refractivity contribution is -0.267. The molecule has 2 heterocycles. The lowest BCUT2D eigenvalue weighted by Crippen LogP contribution is -2.60. The molecule has 46 heavy (non-hydrogen) atoms. The molecule has 1 aromatic heterocycles. The third-order valence-corrected chi connectivity index (χ3v) is 7.54. The third-order valence-electron chi connectivity index (χ3n) is 7.54. The van der Waals surface area contributed by atoms with Crippen molar-refractivity contribution in [2.75, 3.05) is 13.7 Å². The zero-order valence-corrected chi connectivity index (χ0v) is 26.1. The Morgan fingerprint density at radius 1 is 0.696 bits per heavy atom. The fourth-order valence-corrected chi connectivity index (χ4v) is 5.88. The number of carbonyl (C=O) groups is 4. The van der Waals surface area contributed by atoms with E-state index >= 15 is 0 Å². The Hall–Kier alpha value is -5.16. The van der Waals surface area contributed by atoms with E-state index in [1.165, 1.54) is 27.7 Å².